The van der Waals surface area contributed by atoms with Gasteiger partial charge in [0.05, 0.1) is 7.11 Å². The van der Waals surface area contributed by atoms with Gasteiger partial charge in [0.15, 0.2) is 5.75 Å². The summed E-state index contributed by atoms with van der Waals surface area (Å²) < 4.78 is 5.48. The van der Waals surface area contributed by atoms with E-state index in [9.17, 15) is 4.79 Å². The molecule has 0 aromatic carbocycles. The van der Waals surface area contributed by atoms with Gasteiger partial charge in [0, 0.05) is 27.2 Å². The first-order chi connectivity index (χ1) is 9.86. The molecule has 6 heteroatoms. The van der Waals surface area contributed by atoms with E-state index in [1.54, 1.807) is 26.1 Å². The minimum atomic E-state index is -0.0690. The highest BCUT2D eigenvalue weighted by Gasteiger charge is 2.30. The summed E-state index contributed by atoms with van der Waals surface area (Å²) in [5, 5.41) is 0.985. The van der Waals surface area contributed by atoms with Gasteiger partial charge in [-0.25, -0.2) is 0 Å². The fraction of sp³-hybridized carbons (Fsp3) is 0.667. The second-order valence-corrected chi connectivity index (χ2v) is 7.07. The standard InChI is InChI=1S/C15H25N3O2S/c1-9-6-7-18(8-10(9)2)15-12(20-5)11(16)13(21-15)14(19)17(3)4/h9-10H,6-8,16H2,1-5H3. The van der Waals surface area contributed by atoms with Gasteiger partial charge in [-0.3, -0.25) is 4.79 Å². The third-order valence-electron chi connectivity index (χ3n) is 4.31. The highest BCUT2D eigenvalue weighted by molar-refractivity contribution is 7.19. The molecule has 1 saturated heterocycles. The molecule has 2 rings (SSSR count). The van der Waals surface area contributed by atoms with Crippen LogP contribution in [0.25, 0.3) is 0 Å². The lowest BCUT2D eigenvalue weighted by atomic mass is 9.89. The Labute approximate surface area is 130 Å². The lowest BCUT2D eigenvalue weighted by molar-refractivity contribution is 0.0833. The number of nitrogens with two attached hydrogens (primary N) is 1. The number of piperidine rings is 1. The Morgan fingerprint density at radius 1 is 1.38 bits per heavy atom. The van der Waals surface area contributed by atoms with Crippen molar-refractivity contribution in [3.8, 4) is 5.75 Å². The van der Waals surface area contributed by atoms with Gasteiger partial charge in [-0.2, -0.15) is 0 Å². The first-order valence-corrected chi connectivity index (χ1v) is 8.11. The van der Waals surface area contributed by atoms with Crippen molar-refractivity contribution in [2.24, 2.45) is 11.8 Å². The zero-order valence-electron chi connectivity index (χ0n) is 13.5. The van der Waals surface area contributed by atoms with Gasteiger partial charge < -0.3 is 20.3 Å². The van der Waals surface area contributed by atoms with E-state index in [1.807, 2.05) is 0 Å². The molecule has 1 amide bonds. The molecule has 1 aliphatic rings. The van der Waals surface area contributed by atoms with Crippen molar-refractivity contribution < 1.29 is 9.53 Å². The second-order valence-electron chi connectivity index (χ2n) is 6.07. The summed E-state index contributed by atoms with van der Waals surface area (Å²) in [7, 11) is 5.08. The quantitative estimate of drug-likeness (QED) is 0.932. The zero-order valence-corrected chi connectivity index (χ0v) is 14.3. The summed E-state index contributed by atoms with van der Waals surface area (Å²) in [5.41, 5.74) is 6.59. The maximum absolute atomic E-state index is 12.2. The average molecular weight is 311 g/mol. The van der Waals surface area contributed by atoms with E-state index < -0.39 is 0 Å². The van der Waals surface area contributed by atoms with E-state index in [-0.39, 0.29) is 5.91 Å². The van der Waals surface area contributed by atoms with E-state index in [0.717, 1.165) is 30.4 Å². The van der Waals surface area contributed by atoms with Crippen molar-refractivity contribution in [1.29, 1.82) is 0 Å². The summed E-state index contributed by atoms with van der Waals surface area (Å²) >= 11 is 1.44. The highest BCUT2D eigenvalue weighted by atomic mass is 32.1. The molecule has 0 saturated carbocycles. The van der Waals surface area contributed by atoms with Crippen LogP contribution in [0.5, 0.6) is 5.75 Å². The Morgan fingerprint density at radius 3 is 2.57 bits per heavy atom. The normalized spacial score (nSPS) is 22.2. The lowest BCUT2D eigenvalue weighted by Gasteiger charge is -2.36. The molecular weight excluding hydrogens is 286 g/mol. The second kappa shape index (κ2) is 6.13. The SMILES string of the molecule is COc1c(N2CCC(C)C(C)C2)sc(C(=O)N(C)C)c1N. The third-order valence-corrected chi connectivity index (χ3v) is 5.54. The monoisotopic (exact) mass is 311 g/mol. The van der Waals surface area contributed by atoms with Crippen LogP contribution in [0.1, 0.15) is 29.9 Å². The van der Waals surface area contributed by atoms with Crippen molar-refractivity contribution >= 4 is 27.9 Å². The fourth-order valence-electron chi connectivity index (χ4n) is 2.63. The highest BCUT2D eigenvalue weighted by Crippen LogP contribution is 2.46. The maximum Gasteiger partial charge on any atom is 0.265 e. The number of nitrogen functional groups attached to an aromatic ring is 1. The molecule has 1 aromatic heterocycles. The fourth-order valence-corrected chi connectivity index (χ4v) is 3.88. The lowest BCUT2D eigenvalue weighted by Crippen LogP contribution is -2.38. The molecule has 5 nitrogen and oxygen atoms in total. The summed E-state index contributed by atoms with van der Waals surface area (Å²) in [6, 6.07) is 0. The molecule has 1 fully saturated rings. The van der Waals surface area contributed by atoms with Crippen LogP contribution in [0.2, 0.25) is 0 Å². The number of hydrogen-bond acceptors (Lipinski definition) is 5. The molecule has 0 spiro atoms. The molecule has 0 bridgehead atoms. The Bertz CT molecular complexity index is 527. The van der Waals surface area contributed by atoms with E-state index in [0.29, 0.717) is 22.2 Å². The van der Waals surface area contributed by atoms with Crippen LogP contribution in [0.15, 0.2) is 0 Å². The smallest absolute Gasteiger partial charge is 0.265 e. The molecule has 1 aliphatic heterocycles. The van der Waals surface area contributed by atoms with Gasteiger partial charge in [0.1, 0.15) is 15.6 Å². The van der Waals surface area contributed by atoms with Gasteiger partial charge in [0.25, 0.3) is 5.91 Å². The number of ether oxygens (including phenoxy) is 1. The summed E-state index contributed by atoms with van der Waals surface area (Å²) in [5.74, 6) is 1.93. The van der Waals surface area contributed by atoms with Crippen LogP contribution in [0.4, 0.5) is 10.7 Å². The zero-order chi connectivity index (χ0) is 15.7. The number of carbonyl (C=O) groups is 1. The molecule has 1 aromatic rings. The van der Waals surface area contributed by atoms with Gasteiger partial charge in [-0.1, -0.05) is 13.8 Å². The van der Waals surface area contributed by atoms with Crippen molar-refractivity contribution in [2.75, 3.05) is 44.9 Å². The molecular formula is C15H25N3O2S. The molecule has 2 heterocycles. The summed E-state index contributed by atoms with van der Waals surface area (Å²) in [6.07, 6.45) is 1.15. The number of nitrogens with zero attached hydrogens (tertiary/aromatic N) is 2. The van der Waals surface area contributed by atoms with Crippen LogP contribution in [0.3, 0.4) is 0 Å². The van der Waals surface area contributed by atoms with E-state index in [2.05, 4.69) is 18.7 Å². The number of anilines is 2. The molecule has 2 unspecified atom stereocenters. The number of amides is 1. The minimum Gasteiger partial charge on any atom is -0.492 e. The number of methoxy groups -OCH3 is 1. The molecule has 2 atom stereocenters. The Kier molecular flexibility index (Phi) is 4.66. The third kappa shape index (κ3) is 2.95. The number of thiophene rings is 1. The van der Waals surface area contributed by atoms with Crippen LogP contribution < -0.4 is 15.4 Å². The molecule has 0 aliphatic carbocycles. The predicted octanol–water partition coefficient (Wildman–Crippen LogP) is 2.52. The Balaban J connectivity index is 2.35. The minimum absolute atomic E-state index is 0.0690. The number of rotatable bonds is 3. The largest absolute Gasteiger partial charge is 0.492 e. The van der Waals surface area contributed by atoms with E-state index >= 15 is 0 Å². The van der Waals surface area contributed by atoms with Gasteiger partial charge in [0.2, 0.25) is 0 Å². The van der Waals surface area contributed by atoms with Crippen LogP contribution in [-0.2, 0) is 0 Å². The number of hydrogen-bond donors (Lipinski definition) is 1. The van der Waals surface area contributed by atoms with Crippen molar-refractivity contribution in [2.45, 2.75) is 20.3 Å². The summed E-state index contributed by atoms with van der Waals surface area (Å²) in [4.78, 5) is 16.6. The van der Waals surface area contributed by atoms with Crippen LogP contribution in [0, 0.1) is 11.8 Å². The van der Waals surface area contributed by atoms with Gasteiger partial charge in [-0.15, -0.1) is 11.3 Å². The maximum atomic E-state index is 12.2. The van der Waals surface area contributed by atoms with Crippen molar-refractivity contribution in [3.63, 3.8) is 0 Å². The van der Waals surface area contributed by atoms with E-state index in [1.165, 1.54) is 11.3 Å². The first kappa shape index (κ1) is 15.9. The van der Waals surface area contributed by atoms with Crippen LogP contribution in [-0.4, -0.2) is 45.1 Å². The van der Waals surface area contributed by atoms with Crippen LogP contribution >= 0.6 is 11.3 Å². The van der Waals surface area contributed by atoms with Gasteiger partial charge in [-0.05, 0) is 18.3 Å². The molecule has 118 valence electrons. The van der Waals surface area contributed by atoms with Gasteiger partial charge >= 0.3 is 0 Å². The average Bonchev–Trinajstić information content (AvgIpc) is 2.77. The molecule has 2 N–H and O–H groups in total. The van der Waals surface area contributed by atoms with E-state index in [4.69, 9.17) is 10.5 Å². The van der Waals surface area contributed by atoms with Crippen molar-refractivity contribution in [3.05, 3.63) is 4.88 Å². The molecule has 0 radical (unpaired) electrons. The predicted molar refractivity (Wildman–Crippen MR) is 88.5 cm³/mol. The number of carbonyl (C=O) groups excluding carboxylic acids is 1. The summed E-state index contributed by atoms with van der Waals surface area (Å²) in [6.45, 7) is 6.53. The van der Waals surface area contributed by atoms with Crippen molar-refractivity contribution in [1.82, 2.24) is 4.90 Å². The Morgan fingerprint density at radius 2 is 2.05 bits per heavy atom. The Hall–Kier alpha value is -1.43. The first-order valence-electron chi connectivity index (χ1n) is 7.29. The topological polar surface area (TPSA) is 58.8 Å². The molecule has 21 heavy (non-hydrogen) atoms.